The molecule has 1 heterocycles. The Morgan fingerprint density at radius 2 is 1.28 bits per heavy atom. The van der Waals surface area contributed by atoms with Crippen molar-refractivity contribution in [1.29, 1.82) is 0 Å². The van der Waals surface area contributed by atoms with Crippen molar-refractivity contribution in [3.05, 3.63) is 95.1 Å². The van der Waals surface area contributed by atoms with Crippen LogP contribution in [-0.4, -0.2) is 26.2 Å². The summed E-state index contributed by atoms with van der Waals surface area (Å²) in [5.41, 5.74) is 8.17. The van der Waals surface area contributed by atoms with Crippen molar-refractivity contribution in [2.75, 3.05) is 36.0 Å². The van der Waals surface area contributed by atoms with Crippen molar-refractivity contribution >= 4 is 11.4 Å². The highest BCUT2D eigenvalue weighted by molar-refractivity contribution is 5.67. The van der Waals surface area contributed by atoms with Crippen LogP contribution in [0.1, 0.15) is 22.3 Å². The van der Waals surface area contributed by atoms with Crippen LogP contribution in [0, 0.1) is 13.8 Å². The second-order valence-electron chi connectivity index (χ2n) is 7.92. The predicted molar refractivity (Wildman–Crippen MR) is 124 cm³/mol. The zero-order valence-electron chi connectivity index (χ0n) is 17.6. The molecule has 3 aromatic carbocycles. The maximum Gasteiger partial charge on any atom is 0.0433 e. The maximum absolute atomic E-state index is 3.45. The van der Waals surface area contributed by atoms with E-state index < -0.39 is 0 Å². The molecule has 1 aliphatic heterocycles. The Balaban J connectivity index is 1.66. The van der Waals surface area contributed by atoms with Crippen LogP contribution in [0.5, 0.6) is 0 Å². The molecule has 0 spiro atoms. The summed E-state index contributed by atoms with van der Waals surface area (Å²) in [4.78, 5) is 5.02. The summed E-state index contributed by atoms with van der Waals surface area (Å²) in [6.07, 6.45) is 0. The molecule has 1 saturated heterocycles. The summed E-state index contributed by atoms with van der Waals surface area (Å²) in [5.74, 6) is 0. The van der Waals surface area contributed by atoms with Crippen molar-refractivity contribution < 1.29 is 0 Å². The monoisotopic (exact) mass is 385 g/mol. The average molecular weight is 386 g/mol. The van der Waals surface area contributed by atoms with Gasteiger partial charge in [0.15, 0.2) is 0 Å². The normalized spacial score (nSPS) is 14.1. The molecule has 0 atom stereocenters. The molecule has 0 bridgehead atoms. The Hall–Kier alpha value is -2.78. The first-order valence-corrected chi connectivity index (χ1v) is 10.6. The van der Waals surface area contributed by atoms with Gasteiger partial charge in [-0.15, -0.1) is 0 Å². The van der Waals surface area contributed by atoms with Crippen LogP contribution < -0.4 is 15.1 Å². The van der Waals surface area contributed by atoms with Crippen LogP contribution in [0.3, 0.4) is 0 Å². The van der Waals surface area contributed by atoms with Crippen LogP contribution in [0.25, 0.3) is 0 Å². The zero-order valence-corrected chi connectivity index (χ0v) is 17.6. The lowest BCUT2D eigenvalue weighted by Gasteiger charge is -2.33. The van der Waals surface area contributed by atoms with Gasteiger partial charge in [-0.05, 0) is 48.2 Å². The molecule has 3 heteroatoms. The number of nitrogens with zero attached hydrogens (tertiary/aromatic N) is 2. The Morgan fingerprint density at radius 1 is 0.724 bits per heavy atom. The van der Waals surface area contributed by atoms with E-state index in [4.69, 9.17) is 0 Å². The number of rotatable bonds is 6. The Bertz CT molecular complexity index is 874. The van der Waals surface area contributed by atoms with Gasteiger partial charge in [-0.1, -0.05) is 60.7 Å². The van der Waals surface area contributed by atoms with E-state index in [0.717, 1.165) is 39.3 Å². The van der Waals surface area contributed by atoms with Gasteiger partial charge in [-0.2, -0.15) is 0 Å². The first-order valence-electron chi connectivity index (χ1n) is 10.6. The van der Waals surface area contributed by atoms with Crippen molar-refractivity contribution in [3.8, 4) is 0 Å². The molecule has 1 fully saturated rings. The molecule has 0 aromatic heterocycles. The quantitative estimate of drug-likeness (QED) is 0.650. The Kier molecular flexibility index (Phi) is 6.16. The maximum atomic E-state index is 3.45. The molecule has 1 aliphatic rings. The highest BCUT2D eigenvalue weighted by Crippen LogP contribution is 2.32. The van der Waals surface area contributed by atoms with Gasteiger partial charge in [-0.25, -0.2) is 0 Å². The van der Waals surface area contributed by atoms with E-state index in [-0.39, 0.29) is 0 Å². The number of piperazine rings is 1. The molecular weight excluding hydrogens is 354 g/mol. The minimum atomic E-state index is 0.906. The van der Waals surface area contributed by atoms with Crippen LogP contribution in [-0.2, 0) is 13.1 Å². The molecule has 0 amide bonds. The third-order valence-electron chi connectivity index (χ3n) is 5.96. The summed E-state index contributed by atoms with van der Waals surface area (Å²) in [5, 5.41) is 3.45. The van der Waals surface area contributed by atoms with Crippen molar-refractivity contribution in [2.24, 2.45) is 0 Å². The Morgan fingerprint density at radius 3 is 1.83 bits per heavy atom. The van der Waals surface area contributed by atoms with Gasteiger partial charge in [0.25, 0.3) is 0 Å². The fraction of sp³-hybridized carbons (Fsp3) is 0.308. The first-order chi connectivity index (χ1) is 14.2. The number of benzene rings is 3. The fourth-order valence-corrected chi connectivity index (χ4v) is 4.22. The smallest absolute Gasteiger partial charge is 0.0433 e. The van der Waals surface area contributed by atoms with E-state index in [2.05, 4.69) is 102 Å². The topological polar surface area (TPSA) is 18.5 Å². The van der Waals surface area contributed by atoms with Gasteiger partial charge in [0, 0.05) is 50.6 Å². The molecule has 29 heavy (non-hydrogen) atoms. The van der Waals surface area contributed by atoms with Crippen LogP contribution in [0.15, 0.2) is 72.8 Å². The average Bonchev–Trinajstić information content (AvgIpc) is 2.77. The lowest BCUT2D eigenvalue weighted by molar-refractivity contribution is 0.588. The Labute approximate surface area is 175 Å². The largest absolute Gasteiger partial charge is 0.369 e. The van der Waals surface area contributed by atoms with E-state index in [1.54, 1.807) is 0 Å². The molecule has 4 rings (SSSR count). The van der Waals surface area contributed by atoms with Crippen LogP contribution >= 0.6 is 0 Å². The summed E-state index contributed by atoms with van der Waals surface area (Å²) in [6, 6.07) is 26.2. The zero-order chi connectivity index (χ0) is 20.1. The molecule has 0 unspecified atom stereocenters. The minimum Gasteiger partial charge on any atom is -0.369 e. The minimum absolute atomic E-state index is 0.906. The van der Waals surface area contributed by atoms with Gasteiger partial charge < -0.3 is 15.1 Å². The number of hydrogen-bond acceptors (Lipinski definition) is 3. The molecule has 150 valence electrons. The van der Waals surface area contributed by atoms with E-state index >= 15 is 0 Å². The van der Waals surface area contributed by atoms with Gasteiger partial charge in [0.05, 0.1) is 0 Å². The van der Waals surface area contributed by atoms with Crippen LogP contribution in [0.2, 0.25) is 0 Å². The van der Waals surface area contributed by atoms with Crippen molar-refractivity contribution in [2.45, 2.75) is 26.9 Å². The lowest BCUT2D eigenvalue weighted by Crippen LogP contribution is -2.43. The second-order valence-corrected chi connectivity index (χ2v) is 7.92. The summed E-state index contributed by atoms with van der Waals surface area (Å²) in [6.45, 7) is 10.7. The summed E-state index contributed by atoms with van der Waals surface area (Å²) >= 11 is 0. The van der Waals surface area contributed by atoms with Gasteiger partial charge in [0.1, 0.15) is 0 Å². The van der Waals surface area contributed by atoms with Gasteiger partial charge in [0.2, 0.25) is 0 Å². The lowest BCUT2D eigenvalue weighted by atomic mass is 10.0. The van der Waals surface area contributed by atoms with Gasteiger partial charge >= 0.3 is 0 Å². The standard InChI is InChI=1S/C26H31N3/c1-21-22(2)26(14-13-25(21)28-17-15-27-16-18-28)29(19-23-9-5-3-6-10-23)20-24-11-7-4-8-12-24/h3-14,27H,15-20H2,1-2H3. The SMILES string of the molecule is Cc1c(N2CCNCC2)ccc(N(Cc2ccccc2)Cc2ccccc2)c1C. The molecule has 3 nitrogen and oxygen atoms in total. The van der Waals surface area contributed by atoms with E-state index in [1.807, 2.05) is 0 Å². The van der Waals surface area contributed by atoms with Crippen LogP contribution in [0.4, 0.5) is 11.4 Å². The second kappa shape index (κ2) is 9.15. The number of nitrogens with one attached hydrogen (secondary N) is 1. The number of anilines is 2. The van der Waals surface area contributed by atoms with E-state index in [0.29, 0.717) is 0 Å². The third-order valence-corrected chi connectivity index (χ3v) is 5.96. The highest BCUT2D eigenvalue weighted by Gasteiger charge is 2.18. The predicted octanol–water partition coefficient (Wildman–Crippen LogP) is 4.92. The fourth-order valence-electron chi connectivity index (χ4n) is 4.22. The molecule has 1 N–H and O–H groups in total. The number of hydrogen-bond donors (Lipinski definition) is 1. The molecular formula is C26H31N3. The summed E-state index contributed by atoms with van der Waals surface area (Å²) < 4.78 is 0. The van der Waals surface area contributed by atoms with Crippen molar-refractivity contribution in [1.82, 2.24) is 5.32 Å². The van der Waals surface area contributed by atoms with E-state index in [9.17, 15) is 0 Å². The molecule has 0 saturated carbocycles. The van der Waals surface area contributed by atoms with Gasteiger partial charge in [-0.3, -0.25) is 0 Å². The first kappa shape index (κ1) is 19.5. The summed E-state index contributed by atoms with van der Waals surface area (Å²) in [7, 11) is 0. The van der Waals surface area contributed by atoms with E-state index in [1.165, 1.54) is 33.6 Å². The third kappa shape index (κ3) is 4.63. The molecule has 0 aliphatic carbocycles. The highest BCUT2D eigenvalue weighted by atomic mass is 15.2. The molecule has 0 radical (unpaired) electrons. The molecule has 3 aromatic rings. The van der Waals surface area contributed by atoms with Crippen molar-refractivity contribution in [3.63, 3.8) is 0 Å².